The first-order valence-electron chi connectivity index (χ1n) is 7.19. The number of fused-ring (bicyclic) bond motifs is 1. The topological polar surface area (TPSA) is 84.6 Å². The van der Waals surface area contributed by atoms with Gasteiger partial charge in [0.15, 0.2) is 0 Å². The molecule has 4 atom stereocenters. The third-order valence-corrected chi connectivity index (χ3v) is 4.71. The lowest BCUT2D eigenvalue weighted by atomic mass is 9.78. The summed E-state index contributed by atoms with van der Waals surface area (Å²) in [6.07, 6.45) is 0.662. The van der Waals surface area contributed by atoms with Crippen LogP contribution in [0.25, 0.3) is 0 Å². The minimum absolute atomic E-state index is 0.251. The Morgan fingerprint density at radius 3 is 2.76 bits per heavy atom. The highest BCUT2D eigenvalue weighted by atomic mass is 35.5. The number of nitrogens with two attached hydrogens (primary N) is 1. The Morgan fingerprint density at radius 2 is 2.05 bits per heavy atom. The summed E-state index contributed by atoms with van der Waals surface area (Å²) < 4.78 is 5.89. The van der Waals surface area contributed by atoms with E-state index in [1.165, 1.54) is 6.07 Å². The third kappa shape index (κ3) is 3.00. The van der Waals surface area contributed by atoms with Gasteiger partial charge in [-0.25, -0.2) is 0 Å². The minimum Gasteiger partial charge on any atom is -0.487 e. The van der Waals surface area contributed by atoms with E-state index < -0.39 is 12.0 Å². The molecule has 0 bridgehead atoms. The molecular formula is C15H19ClN2O3. The fraction of sp³-hybridized carbons (Fsp3) is 0.533. The molecule has 0 spiro atoms. The van der Waals surface area contributed by atoms with Crippen molar-refractivity contribution < 1.29 is 14.6 Å². The van der Waals surface area contributed by atoms with Crippen molar-refractivity contribution in [3.05, 3.63) is 28.8 Å². The van der Waals surface area contributed by atoms with Gasteiger partial charge in [-0.15, -0.1) is 0 Å². The first-order valence-corrected chi connectivity index (χ1v) is 7.57. The molecule has 1 amide bonds. The summed E-state index contributed by atoms with van der Waals surface area (Å²) >= 11 is 5.88. The predicted molar refractivity (Wildman–Crippen MR) is 79.5 cm³/mol. The molecule has 0 aromatic heterocycles. The van der Waals surface area contributed by atoms with Crippen LogP contribution < -0.4 is 15.8 Å². The summed E-state index contributed by atoms with van der Waals surface area (Å²) in [6.45, 7) is 1.92. The number of rotatable bonds is 3. The summed E-state index contributed by atoms with van der Waals surface area (Å²) in [4.78, 5) is 11.5. The van der Waals surface area contributed by atoms with E-state index in [0.717, 1.165) is 25.9 Å². The van der Waals surface area contributed by atoms with Crippen molar-refractivity contribution in [3.63, 3.8) is 0 Å². The lowest BCUT2D eigenvalue weighted by Gasteiger charge is -2.35. The number of ether oxygens (including phenoxy) is 1. The minimum atomic E-state index is -0.585. The van der Waals surface area contributed by atoms with Gasteiger partial charge in [-0.1, -0.05) is 11.6 Å². The summed E-state index contributed by atoms with van der Waals surface area (Å²) in [5.74, 6) is 0.835. The molecule has 1 saturated carbocycles. The lowest BCUT2D eigenvalue weighted by Crippen LogP contribution is -2.42. The SMILES string of the molecule is NC(=O)c1cc(Cl)ccc1O[C@@H]1C[C@@H]2CNC[C@@H]2C[C@H]1O. The molecule has 2 aliphatic rings. The van der Waals surface area contributed by atoms with Crippen molar-refractivity contribution in [2.75, 3.05) is 13.1 Å². The predicted octanol–water partition coefficient (Wildman–Crippen LogP) is 1.18. The number of primary amides is 1. The van der Waals surface area contributed by atoms with E-state index in [0.29, 0.717) is 22.6 Å². The molecule has 5 nitrogen and oxygen atoms in total. The Morgan fingerprint density at radius 1 is 1.33 bits per heavy atom. The second-order valence-electron chi connectivity index (χ2n) is 5.88. The molecule has 2 fully saturated rings. The van der Waals surface area contributed by atoms with Gasteiger partial charge < -0.3 is 20.9 Å². The van der Waals surface area contributed by atoms with E-state index in [1.54, 1.807) is 12.1 Å². The van der Waals surface area contributed by atoms with Crippen molar-refractivity contribution in [2.24, 2.45) is 17.6 Å². The summed E-state index contributed by atoms with van der Waals surface area (Å²) in [6, 6.07) is 4.78. The van der Waals surface area contributed by atoms with Crippen LogP contribution in [-0.4, -0.2) is 36.3 Å². The zero-order valence-corrected chi connectivity index (χ0v) is 12.3. The van der Waals surface area contributed by atoms with E-state index in [4.69, 9.17) is 22.1 Å². The molecule has 1 heterocycles. The van der Waals surface area contributed by atoms with Gasteiger partial charge in [-0.3, -0.25) is 4.79 Å². The molecule has 0 radical (unpaired) electrons. The quantitative estimate of drug-likeness (QED) is 0.782. The van der Waals surface area contributed by atoms with Gasteiger partial charge in [0.1, 0.15) is 11.9 Å². The van der Waals surface area contributed by atoms with E-state index >= 15 is 0 Å². The number of aliphatic hydroxyl groups excluding tert-OH is 1. The van der Waals surface area contributed by atoms with Gasteiger partial charge in [0, 0.05) is 5.02 Å². The molecule has 4 N–H and O–H groups in total. The maximum atomic E-state index is 11.5. The van der Waals surface area contributed by atoms with Crippen LogP contribution in [0.3, 0.4) is 0 Å². The van der Waals surface area contributed by atoms with Gasteiger partial charge >= 0.3 is 0 Å². The number of carbonyl (C=O) groups is 1. The van der Waals surface area contributed by atoms with Crippen LogP contribution in [0.5, 0.6) is 5.75 Å². The molecule has 1 aliphatic heterocycles. The smallest absolute Gasteiger partial charge is 0.252 e. The number of halogens is 1. The van der Waals surface area contributed by atoms with Crippen LogP contribution in [0, 0.1) is 11.8 Å². The molecule has 1 aromatic rings. The average molecular weight is 311 g/mol. The molecule has 6 heteroatoms. The number of amides is 1. The van der Waals surface area contributed by atoms with Crippen LogP contribution in [0.4, 0.5) is 0 Å². The molecule has 0 unspecified atom stereocenters. The molecule has 1 aliphatic carbocycles. The number of carbonyl (C=O) groups excluding carboxylic acids is 1. The monoisotopic (exact) mass is 310 g/mol. The van der Waals surface area contributed by atoms with E-state index in [2.05, 4.69) is 5.32 Å². The standard InChI is InChI=1S/C15H19ClN2O3/c16-10-1-2-13(11(5-10)15(17)20)21-14-4-9-7-18-6-8(9)3-12(14)19/h1-2,5,8-9,12,14,18-19H,3-4,6-7H2,(H2,17,20)/t8-,9+,12+,14+/m0/s1. The maximum absolute atomic E-state index is 11.5. The highest BCUT2D eigenvalue weighted by Gasteiger charge is 2.40. The van der Waals surface area contributed by atoms with Gasteiger partial charge in [0.05, 0.1) is 11.7 Å². The van der Waals surface area contributed by atoms with Crippen molar-refractivity contribution in [2.45, 2.75) is 25.0 Å². The first-order chi connectivity index (χ1) is 10.0. The van der Waals surface area contributed by atoms with Crippen molar-refractivity contribution in [1.82, 2.24) is 5.32 Å². The van der Waals surface area contributed by atoms with Crippen LogP contribution in [0.15, 0.2) is 18.2 Å². The molecule has 1 saturated heterocycles. The second kappa shape index (κ2) is 5.83. The number of benzene rings is 1. The highest BCUT2D eigenvalue weighted by molar-refractivity contribution is 6.31. The fourth-order valence-corrected chi connectivity index (χ4v) is 3.52. The number of aliphatic hydroxyl groups is 1. The normalized spacial score (nSPS) is 31.7. The van der Waals surface area contributed by atoms with Gasteiger partial charge in [0.25, 0.3) is 5.91 Å². The lowest BCUT2D eigenvalue weighted by molar-refractivity contribution is -0.0234. The largest absolute Gasteiger partial charge is 0.487 e. The van der Waals surface area contributed by atoms with Gasteiger partial charge in [0.2, 0.25) is 0 Å². The summed E-state index contributed by atoms with van der Waals surface area (Å²) in [5, 5.41) is 14.0. The Balaban J connectivity index is 1.78. The number of nitrogens with one attached hydrogen (secondary N) is 1. The van der Waals surface area contributed by atoms with Crippen LogP contribution in [-0.2, 0) is 0 Å². The first kappa shape index (κ1) is 14.6. The molecule has 3 rings (SSSR count). The van der Waals surface area contributed by atoms with Crippen LogP contribution >= 0.6 is 11.6 Å². The maximum Gasteiger partial charge on any atom is 0.252 e. The zero-order chi connectivity index (χ0) is 15.0. The Labute approximate surface area is 128 Å². The Kier molecular flexibility index (Phi) is 4.06. The zero-order valence-electron chi connectivity index (χ0n) is 11.6. The van der Waals surface area contributed by atoms with Crippen molar-refractivity contribution >= 4 is 17.5 Å². The molecule has 1 aromatic carbocycles. The van der Waals surface area contributed by atoms with Crippen molar-refractivity contribution in [1.29, 1.82) is 0 Å². The summed E-state index contributed by atoms with van der Waals surface area (Å²) in [5.41, 5.74) is 5.61. The van der Waals surface area contributed by atoms with E-state index in [9.17, 15) is 9.90 Å². The second-order valence-corrected chi connectivity index (χ2v) is 6.31. The van der Waals surface area contributed by atoms with Gasteiger partial charge in [-0.05, 0) is 56.0 Å². The van der Waals surface area contributed by atoms with Crippen LogP contribution in [0.2, 0.25) is 5.02 Å². The third-order valence-electron chi connectivity index (χ3n) is 4.47. The van der Waals surface area contributed by atoms with Crippen molar-refractivity contribution in [3.8, 4) is 5.75 Å². The fourth-order valence-electron chi connectivity index (χ4n) is 3.34. The van der Waals surface area contributed by atoms with Crippen LogP contribution in [0.1, 0.15) is 23.2 Å². The number of hydrogen-bond donors (Lipinski definition) is 3. The molecular weight excluding hydrogens is 292 g/mol. The van der Waals surface area contributed by atoms with Gasteiger partial charge in [-0.2, -0.15) is 0 Å². The van der Waals surface area contributed by atoms with E-state index in [1.807, 2.05) is 0 Å². The highest BCUT2D eigenvalue weighted by Crippen LogP contribution is 2.35. The average Bonchev–Trinajstić information content (AvgIpc) is 2.88. The molecule has 21 heavy (non-hydrogen) atoms. The Hall–Kier alpha value is -1.30. The van der Waals surface area contributed by atoms with E-state index in [-0.39, 0.29) is 11.7 Å². The summed E-state index contributed by atoms with van der Waals surface area (Å²) in [7, 11) is 0. The molecule has 114 valence electrons. The number of hydrogen-bond acceptors (Lipinski definition) is 4. The Bertz CT molecular complexity index is 552.